The number of rotatable bonds is 6. The van der Waals surface area contributed by atoms with Crippen molar-refractivity contribution in [1.29, 1.82) is 0 Å². The standard InChI is InChI=1S/C16H18N2S/c1-2-14(10-17-9-1)12-19-16-7-3-13(4-8-16)11-18-15-5-6-15/h1-4,7-10,15,18H,5-6,11-12H2. The fraction of sp³-hybridized carbons (Fsp3) is 0.312. The van der Waals surface area contributed by atoms with Crippen molar-refractivity contribution in [2.45, 2.75) is 36.1 Å². The van der Waals surface area contributed by atoms with Crippen molar-refractivity contribution < 1.29 is 0 Å². The molecule has 1 aliphatic rings. The van der Waals surface area contributed by atoms with Gasteiger partial charge in [0.1, 0.15) is 0 Å². The molecular formula is C16H18N2S. The summed E-state index contributed by atoms with van der Waals surface area (Å²) in [5.74, 6) is 0.980. The summed E-state index contributed by atoms with van der Waals surface area (Å²) >= 11 is 1.86. The van der Waals surface area contributed by atoms with Crippen LogP contribution in [-0.2, 0) is 12.3 Å². The molecule has 2 nitrogen and oxygen atoms in total. The van der Waals surface area contributed by atoms with Gasteiger partial charge < -0.3 is 5.32 Å². The number of thioether (sulfide) groups is 1. The van der Waals surface area contributed by atoms with Gasteiger partial charge in [0.25, 0.3) is 0 Å². The Bertz CT molecular complexity index is 506. The fourth-order valence-electron chi connectivity index (χ4n) is 1.90. The van der Waals surface area contributed by atoms with Crippen LogP contribution in [-0.4, -0.2) is 11.0 Å². The molecule has 0 bridgehead atoms. The van der Waals surface area contributed by atoms with Crippen LogP contribution in [0.1, 0.15) is 24.0 Å². The van der Waals surface area contributed by atoms with Gasteiger partial charge in [-0.25, -0.2) is 0 Å². The number of nitrogens with zero attached hydrogens (tertiary/aromatic N) is 1. The Morgan fingerprint density at radius 1 is 1.11 bits per heavy atom. The van der Waals surface area contributed by atoms with Gasteiger partial charge in [0, 0.05) is 35.6 Å². The first-order chi connectivity index (χ1) is 9.40. The third-order valence-corrected chi connectivity index (χ3v) is 4.31. The molecule has 3 heteroatoms. The maximum absolute atomic E-state index is 4.14. The molecule has 0 aliphatic heterocycles. The lowest BCUT2D eigenvalue weighted by Crippen LogP contribution is -2.14. The molecule has 0 unspecified atom stereocenters. The number of benzene rings is 1. The third kappa shape index (κ3) is 4.08. The van der Waals surface area contributed by atoms with E-state index in [1.807, 2.05) is 30.2 Å². The lowest BCUT2D eigenvalue weighted by molar-refractivity contribution is 0.687. The molecule has 19 heavy (non-hydrogen) atoms. The third-order valence-electron chi connectivity index (χ3n) is 3.22. The largest absolute Gasteiger partial charge is 0.310 e. The average Bonchev–Trinajstić information content (AvgIpc) is 3.29. The number of aromatic nitrogens is 1. The maximum Gasteiger partial charge on any atom is 0.0308 e. The van der Waals surface area contributed by atoms with E-state index in [9.17, 15) is 0 Å². The first-order valence-electron chi connectivity index (χ1n) is 6.74. The summed E-state index contributed by atoms with van der Waals surface area (Å²) in [5.41, 5.74) is 2.64. The summed E-state index contributed by atoms with van der Waals surface area (Å²) < 4.78 is 0. The van der Waals surface area contributed by atoms with E-state index in [4.69, 9.17) is 0 Å². The molecule has 2 aromatic rings. The van der Waals surface area contributed by atoms with Gasteiger partial charge >= 0.3 is 0 Å². The van der Waals surface area contributed by atoms with Crippen LogP contribution in [0.4, 0.5) is 0 Å². The fourth-order valence-corrected chi connectivity index (χ4v) is 2.74. The van der Waals surface area contributed by atoms with Crippen LogP contribution in [0, 0.1) is 0 Å². The van der Waals surface area contributed by atoms with Gasteiger partial charge in [0.15, 0.2) is 0 Å². The molecule has 1 aliphatic carbocycles. The van der Waals surface area contributed by atoms with E-state index in [-0.39, 0.29) is 0 Å². The summed E-state index contributed by atoms with van der Waals surface area (Å²) in [6, 6.07) is 13.8. The smallest absolute Gasteiger partial charge is 0.0308 e. The Morgan fingerprint density at radius 3 is 2.63 bits per heavy atom. The SMILES string of the molecule is c1cncc(CSc2ccc(CNC3CC3)cc2)c1. The Hall–Kier alpha value is -1.32. The second-order valence-electron chi connectivity index (χ2n) is 4.95. The van der Waals surface area contributed by atoms with Gasteiger partial charge in [0.2, 0.25) is 0 Å². The average molecular weight is 270 g/mol. The van der Waals surface area contributed by atoms with E-state index >= 15 is 0 Å². The minimum atomic E-state index is 0.777. The zero-order valence-corrected chi connectivity index (χ0v) is 11.7. The van der Waals surface area contributed by atoms with Crippen molar-refractivity contribution in [2.24, 2.45) is 0 Å². The van der Waals surface area contributed by atoms with Gasteiger partial charge in [-0.1, -0.05) is 18.2 Å². The van der Waals surface area contributed by atoms with E-state index in [0.717, 1.165) is 18.3 Å². The molecule has 0 atom stereocenters. The van der Waals surface area contributed by atoms with Gasteiger partial charge in [-0.2, -0.15) is 0 Å². The molecule has 0 spiro atoms. The summed E-state index contributed by atoms with van der Waals surface area (Å²) in [7, 11) is 0. The predicted octanol–water partition coefficient (Wildman–Crippen LogP) is 3.63. The lowest BCUT2D eigenvalue weighted by atomic mass is 10.2. The van der Waals surface area contributed by atoms with E-state index in [1.165, 1.54) is 28.9 Å². The topological polar surface area (TPSA) is 24.9 Å². The monoisotopic (exact) mass is 270 g/mol. The minimum absolute atomic E-state index is 0.777. The lowest BCUT2D eigenvalue weighted by Gasteiger charge is -2.05. The Morgan fingerprint density at radius 2 is 1.95 bits per heavy atom. The minimum Gasteiger partial charge on any atom is -0.310 e. The highest BCUT2D eigenvalue weighted by atomic mass is 32.2. The molecular weight excluding hydrogens is 252 g/mol. The highest BCUT2D eigenvalue weighted by molar-refractivity contribution is 7.98. The molecule has 1 N–H and O–H groups in total. The number of nitrogens with one attached hydrogen (secondary N) is 1. The van der Waals surface area contributed by atoms with E-state index < -0.39 is 0 Å². The highest BCUT2D eigenvalue weighted by Crippen LogP contribution is 2.23. The van der Waals surface area contributed by atoms with Crippen molar-refractivity contribution in [3.63, 3.8) is 0 Å². The molecule has 0 amide bonds. The number of hydrogen-bond acceptors (Lipinski definition) is 3. The maximum atomic E-state index is 4.14. The first kappa shape index (κ1) is 12.7. The van der Waals surface area contributed by atoms with E-state index in [2.05, 4.69) is 40.6 Å². The Labute approximate surface area is 118 Å². The van der Waals surface area contributed by atoms with Crippen LogP contribution in [0.3, 0.4) is 0 Å². The number of pyridine rings is 1. The molecule has 0 saturated heterocycles. The van der Waals surface area contributed by atoms with Gasteiger partial charge in [0.05, 0.1) is 0 Å². The second kappa shape index (κ2) is 6.22. The summed E-state index contributed by atoms with van der Waals surface area (Å²) in [6.45, 7) is 0.998. The Balaban J connectivity index is 1.50. The summed E-state index contributed by atoms with van der Waals surface area (Å²) in [4.78, 5) is 5.45. The van der Waals surface area contributed by atoms with Gasteiger partial charge in [-0.15, -0.1) is 11.8 Å². The molecule has 3 rings (SSSR count). The number of hydrogen-bond donors (Lipinski definition) is 1. The van der Waals surface area contributed by atoms with Crippen molar-refractivity contribution in [3.8, 4) is 0 Å². The molecule has 1 aromatic heterocycles. The van der Waals surface area contributed by atoms with Crippen molar-refractivity contribution >= 4 is 11.8 Å². The highest BCUT2D eigenvalue weighted by Gasteiger charge is 2.19. The van der Waals surface area contributed by atoms with Crippen LogP contribution >= 0.6 is 11.8 Å². The first-order valence-corrected chi connectivity index (χ1v) is 7.73. The molecule has 1 saturated carbocycles. The van der Waals surface area contributed by atoms with Crippen molar-refractivity contribution in [3.05, 3.63) is 59.9 Å². The molecule has 0 radical (unpaired) electrons. The molecule has 1 aromatic carbocycles. The second-order valence-corrected chi connectivity index (χ2v) is 6.00. The molecule has 1 fully saturated rings. The van der Waals surface area contributed by atoms with Crippen molar-refractivity contribution in [1.82, 2.24) is 10.3 Å². The molecule has 98 valence electrons. The van der Waals surface area contributed by atoms with Gasteiger partial charge in [-0.05, 0) is 42.2 Å². The van der Waals surface area contributed by atoms with E-state index in [1.54, 1.807) is 0 Å². The van der Waals surface area contributed by atoms with Gasteiger partial charge in [-0.3, -0.25) is 4.98 Å². The van der Waals surface area contributed by atoms with Crippen molar-refractivity contribution in [2.75, 3.05) is 0 Å². The van der Waals surface area contributed by atoms with Crippen LogP contribution in [0.2, 0.25) is 0 Å². The van der Waals surface area contributed by atoms with Crippen LogP contribution in [0.25, 0.3) is 0 Å². The van der Waals surface area contributed by atoms with E-state index in [0.29, 0.717) is 0 Å². The van der Waals surface area contributed by atoms with Crippen LogP contribution in [0.5, 0.6) is 0 Å². The summed E-state index contributed by atoms with van der Waals surface area (Å²) in [5, 5.41) is 3.54. The normalized spacial score (nSPS) is 14.5. The summed E-state index contributed by atoms with van der Waals surface area (Å²) in [6.07, 6.45) is 6.44. The predicted molar refractivity (Wildman–Crippen MR) is 80.1 cm³/mol. The van der Waals surface area contributed by atoms with Crippen LogP contribution < -0.4 is 5.32 Å². The Kier molecular flexibility index (Phi) is 4.16. The molecule has 1 heterocycles. The quantitative estimate of drug-likeness (QED) is 0.811. The zero-order chi connectivity index (χ0) is 12.9. The zero-order valence-electron chi connectivity index (χ0n) is 10.9. The van der Waals surface area contributed by atoms with Crippen LogP contribution in [0.15, 0.2) is 53.7 Å².